The standard InChI is InChI=1S/C13H22N4O/c1-3-10-8-12(18-17-10)9-15-13(14-2)16-11-6-4-5-7-11/h8,11H,3-7,9H2,1-2H3,(H2,14,15,16). The van der Waals surface area contributed by atoms with Crippen molar-refractivity contribution in [2.45, 2.75) is 51.6 Å². The monoisotopic (exact) mass is 250 g/mol. The second kappa shape index (κ2) is 6.42. The van der Waals surface area contributed by atoms with Crippen molar-refractivity contribution < 1.29 is 4.52 Å². The van der Waals surface area contributed by atoms with Crippen molar-refractivity contribution in [1.29, 1.82) is 0 Å². The lowest BCUT2D eigenvalue weighted by molar-refractivity contribution is 0.374. The van der Waals surface area contributed by atoms with Gasteiger partial charge in [0.05, 0.1) is 12.2 Å². The van der Waals surface area contributed by atoms with E-state index in [2.05, 4.69) is 27.7 Å². The van der Waals surface area contributed by atoms with Crippen LogP contribution in [-0.4, -0.2) is 24.2 Å². The minimum absolute atomic E-state index is 0.567. The quantitative estimate of drug-likeness (QED) is 0.632. The average molecular weight is 250 g/mol. The van der Waals surface area contributed by atoms with E-state index in [1.54, 1.807) is 7.05 Å². The number of rotatable bonds is 4. The zero-order chi connectivity index (χ0) is 12.8. The number of nitrogens with zero attached hydrogens (tertiary/aromatic N) is 2. The topological polar surface area (TPSA) is 62.5 Å². The van der Waals surface area contributed by atoms with Gasteiger partial charge in [-0.15, -0.1) is 0 Å². The SMILES string of the molecule is CCc1cc(CNC(=NC)NC2CCCC2)on1. The summed E-state index contributed by atoms with van der Waals surface area (Å²) in [5.74, 6) is 1.69. The third-order valence-corrected chi connectivity index (χ3v) is 3.32. The normalized spacial score (nSPS) is 17.1. The molecule has 1 heterocycles. The zero-order valence-corrected chi connectivity index (χ0v) is 11.2. The van der Waals surface area contributed by atoms with Crippen molar-refractivity contribution in [3.05, 3.63) is 17.5 Å². The van der Waals surface area contributed by atoms with Crippen LogP contribution in [0.1, 0.15) is 44.1 Å². The molecule has 1 aliphatic carbocycles. The number of aromatic nitrogens is 1. The first-order valence-electron chi connectivity index (χ1n) is 6.73. The fourth-order valence-corrected chi connectivity index (χ4v) is 2.23. The van der Waals surface area contributed by atoms with Gasteiger partial charge >= 0.3 is 0 Å². The van der Waals surface area contributed by atoms with Crippen LogP contribution in [-0.2, 0) is 13.0 Å². The smallest absolute Gasteiger partial charge is 0.191 e. The third-order valence-electron chi connectivity index (χ3n) is 3.32. The second-order valence-corrected chi connectivity index (χ2v) is 4.69. The highest BCUT2D eigenvalue weighted by Gasteiger charge is 2.15. The molecule has 0 atom stereocenters. The van der Waals surface area contributed by atoms with E-state index in [-0.39, 0.29) is 0 Å². The number of aryl methyl sites for hydroxylation is 1. The Bertz CT molecular complexity index is 393. The van der Waals surface area contributed by atoms with Crippen LogP contribution < -0.4 is 10.6 Å². The molecule has 1 aromatic rings. The van der Waals surface area contributed by atoms with Crippen LogP contribution in [0.15, 0.2) is 15.6 Å². The van der Waals surface area contributed by atoms with E-state index < -0.39 is 0 Å². The molecule has 5 nitrogen and oxygen atoms in total. The largest absolute Gasteiger partial charge is 0.359 e. The highest BCUT2D eigenvalue weighted by atomic mass is 16.5. The molecule has 2 rings (SSSR count). The molecule has 5 heteroatoms. The van der Waals surface area contributed by atoms with Crippen molar-refractivity contribution in [3.63, 3.8) is 0 Å². The Balaban J connectivity index is 1.79. The molecule has 1 aromatic heterocycles. The average Bonchev–Trinajstić information content (AvgIpc) is 3.05. The molecule has 0 unspecified atom stereocenters. The first kappa shape index (κ1) is 12.9. The van der Waals surface area contributed by atoms with Gasteiger partial charge in [0.2, 0.25) is 0 Å². The molecule has 100 valence electrons. The van der Waals surface area contributed by atoms with Crippen LogP contribution in [0, 0.1) is 0 Å². The van der Waals surface area contributed by atoms with Gasteiger partial charge in [-0.2, -0.15) is 0 Å². The van der Waals surface area contributed by atoms with Crippen molar-refractivity contribution in [2.75, 3.05) is 7.05 Å². The molecule has 0 aliphatic heterocycles. The van der Waals surface area contributed by atoms with Gasteiger partial charge in [0.25, 0.3) is 0 Å². The molecule has 2 N–H and O–H groups in total. The fraction of sp³-hybridized carbons (Fsp3) is 0.692. The maximum Gasteiger partial charge on any atom is 0.191 e. The van der Waals surface area contributed by atoms with Crippen molar-refractivity contribution in [3.8, 4) is 0 Å². The summed E-state index contributed by atoms with van der Waals surface area (Å²) in [6, 6.07) is 2.55. The van der Waals surface area contributed by atoms with E-state index in [9.17, 15) is 0 Å². The molecule has 18 heavy (non-hydrogen) atoms. The Morgan fingerprint density at radius 3 is 2.89 bits per heavy atom. The van der Waals surface area contributed by atoms with Crippen LogP contribution in [0.4, 0.5) is 0 Å². The lowest BCUT2D eigenvalue weighted by Crippen LogP contribution is -2.41. The lowest BCUT2D eigenvalue weighted by Gasteiger charge is -2.15. The highest BCUT2D eigenvalue weighted by Crippen LogP contribution is 2.17. The Hall–Kier alpha value is -1.52. The summed E-state index contributed by atoms with van der Waals surface area (Å²) in [6.45, 7) is 2.69. The van der Waals surface area contributed by atoms with Gasteiger partial charge in [-0.1, -0.05) is 24.9 Å². The van der Waals surface area contributed by atoms with Gasteiger partial charge in [-0.05, 0) is 19.3 Å². The maximum absolute atomic E-state index is 5.23. The molecule has 1 fully saturated rings. The van der Waals surface area contributed by atoms with E-state index in [1.807, 2.05) is 6.07 Å². The van der Waals surface area contributed by atoms with Crippen LogP contribution >= 0.6 is 0 Å². The van der Waals surface area contributed by atoms with E-state index in [4.69, 9.17) is 4.52 Å². The summed E-state index contributed by atoms with van der Waals surface area (Å²) in [5, 5.41) is 10.7. The second-order valence-electron chi connectivity index (χ2n) is 4.69. The van der Waals surface area contributed by atoms with Gasteiger partial charge < -0.3 is 15.2 Å². The fourth-order valence-electron chi connectivity index (χ4n) is 2.23. The Kier molecular flexibility index (Phi) is 4.61. The summed E-state index contributed by atoms with van der Waals surface area (Å²) in [4.78, 5) is 4.23. The Morgan fingerprint density at radius 2 is 2.28 bits per heavy atom. The van der Waals surface area contributed by atoms with Crippen LogP contribution in [0.5, 0.6) is 0 Å². The van der Waals surface area contributed by atoms with E-state index in [0.29, 0.717) is 12.6 Å². The number of guanidine groups is 1. The van der Waals surface area contributed by atoms with Crippen LogP contribution in [0.25, 0.3) is 0 Å². The van der Waals surface area contributed by atoms with Gasteiger partial charge in [0.1, 0.15) is 0 Å². The minimum atomic E-state index is 0.567. The molecule has 1 aliphatic rings. The number of hydrogen-bond acceptors (Lipinski definition) is 3. The predicted octanol–water partition coefficient (Wildman–Crippen LogP) is 1.84. The van der Waals surface area contributed by atoms with E-state index in [0.717, 1.165) is 23.8 Å². The van der Waals surface area contributed by atoms with Gasteiger partial charge in [0, 0.05) is 19.2 Å². The zero-order valence-electron chi connectivity index (χ0n) is 11.2. The lowest BCUT2D eigenvalue weighted by atomic mass is 10.2. The molecule has 0 amide bonds. The Labute approximate surface area is 108 Å². The highest BCUT2D eigenvalue weighted by molar-refractivity contribution is 5.79. The van der Waals surface area contributed by atoms with Crippen LogP contribution in [0.3, 0.4) is 0 Å². The molecule has 1 saturated carbocycles. The Morgan fingerprint density at radius 1 is 1.50 bits per heavy atom. The first-order chi connectivity index (χ1) is 8.81. The minimum Gasteiger partial charge on any atom is -0.359 e. The van der Waals surface area contributed by atoms with Crippen molar-refractivity contribution >= 4 is 5.96 Å². The van der Waals surface area contributed by atoms with Crippen molar-refractivity contribution in [1.82, 2.24) is 15.8 Å². The van der Waals surface area contributed by atoms with Gasteiger partial charge in [-0.3, -0.25) is 4.99 Å². The number of aliphatic imine (C=N–C) groups is 1. The molecule has 0 radical (unpaired) electrons. The summed E-state index contributed by atoms with van der Waals surface area (Å²) in [7, 11) is 1.79. The molecule has 0 aromatic carbocycles. The van der Waals surface area contributed by atoms with Gasteiger partial charge in [-0.25, -0.2) is 0 Å². The maximum atomic E-state index is 5.23. The molecular formula is C13H22N4O. The van der Waals surface area contributed by atoms with E-state index in [1.165, 1.54) is 25.7 Å². The predicted molar refractivity (Wildman–Crippen MR) is 71.5 cm³/mol. The third kappa shape index (κ3) is 3.48. The molecule has 0 saturated heterocycles. The first-order valence-corrected chi connectivity index (χ1v) is 6.73. The molecule has 0 spiro atoms. The number of hydrogen-bond donors (Lipinski definition) is 2. The summed E-state index contributed by atoms with van der Waals surface area (Å²) >= 11 is 0. The molecule has 0 bridgehead atoms. The summed E-state index contributed by atoms with van der Waals surface area (Å²) in [6.07, 6.45) is 6.01. The van der Waals surface area contributed by atoms with Crippen molar-refractivity contribution in [2.24, 2.45) is 4.99 Å². The van der Waals surface area contributed by atoms with Crippen LogP contribution in [0.2, 0.25) is 0 Å². The number of nitrogens with one attached hydrogen (secondary N) is 2. The summed E-state index contributed by atoms with van der Waals surface area (Å²) < 4.78 is 5.23. The van der Waals surface area contributed by atoms with Gasteiger partial charge in [0.15, 0.2) is 11.7 Å². The summed E-state index contributed by atoms with van der Waals surface area (Å²) in [5.41, 5.74) is 0.991. The molecular weight excluding hydrogens is 228 g/mol. The van der Waals surface area contributed by atoms with E-state index >= 15 is 0 Å².